The number of carbonyl (C=O) groups excluding carboxylic acids is 2. The van der Waals surface area contributed by atoms with E-state index < -0.39 is 5.97 Å². The summed E-state index contributed by atoms with van der Waals surface area (Å²) in [5.41, 5.74) is 5.03. The van der Waals surface area contributed by atoms with Gasteiger partial charge in [0.2, 0.25) is 5.91 Å². The molecule has 0 radical (unpaired) electrons. The number of hydrogen-bond acceptors (Lipinski definition) is 6. The number of hydrogen-bond donors (Lipinski definition) is 0. The third-order valence-electron chi connectivity index (χ3n) is 4.17. The van der Waals surface area contributed by atoms with Crippen LogP contribution in [0.3, 0.4) is 0 Å². The van der Waals surface area contributed by atoms with Gasteiger partial charge in [-0.2, -0.15) is 0 Å². The number of ether oxygens (including phenoxy) is 1. The Morgan fingerprint density at radius 1 is 1.11 bits per heavy atom. The maximum Gasteiger partial charge on any atom is 0.338 e. The summed E-state index contributed by atoms with van der Waals surface area (Å²) in [6, 6.07) is 7.27. The van der Waals surface area contributed by atoms with Crippen LogP contribution < -0.4 is 4.90 Å². The van der Waals surface area contributed by atoms with Crippen LogP contribution in [0.1, 0.15) is 39.7 Å². The molecule has 0 aliphatic carbocycles. The second-order valence-electron chi connectivity index (χ2n) is 6.54. The molecule has 3 rings (SSSR count). The molecule has 0 saturated carbocycles. The molecule has 6 nitrogen and oxygen atoms in total. The summed E-state index contributed by atoms with van der Waals surface area (Å²) in [4.78, 5) is 34.5. The van der Waals surface area contributed by atoms with Gasteiger partial charge in [0.1, 0.15) is 6.61 Å². The van der Waals surface area contributed by atoms with Gasteiger partial charge in [0, 0.05) is 24.7 Å². The molecule has 1 aromatic carbocycles. The maximum atomic E-state index is 12.4. The number of rotatable bonds is 5. The third kappa shape index (κ3) is 4.26. The van der Waals surface area contributed by atoms with Crippen LogP contribution in [0.25, 0.3) is 0 Å². The van der Waals surface area contributed by atoms with E-state index >= 15 is 0 Å². The molecule has 2 heterocycles. The molecule has 0 unspecified atom stereocenters. The molecular formula is C21H21N3O3S. The Labute approximate surface area is 167 Å². The summed E-state index contributed by atoms with van der Waals surface area (Å²) in [5, 5.41) is 2.35. The van der Waals surface area contributed by atoms with E-state index in [1.165, 1.54) is 30.7 Å². The van der Waals surface area contributed by atoms with Crippen molar-refractivity contribution >= 4 is 34.0 Å². The fourth-order valence-corrected chi connectivity index (χ4v) is 3.95. The number of thiazole rings is 1. The van der Waals surface area contributed by atoms with Crippen molar-refractivity contribution in [3.05, 3.63) is 70.0 Å². The van der Waals surface area contributed by atoms with Gasteiger partial charge < -0.3 is 4.74 Å². The molecule has 0 atom stereocenters. The van der Waals surface area contributed by atoms with E-state index in [4.69, 9.17) is 4.74 Å². The molecule has 0 spiro atoms. The summed E-state index contributed by atoms with van der Waals surface area (Å²) >= 11 is 1.34. The van der Waals surface area contributed by atoms with Crippen molar-refractivity contribution < 1.29 is 14.3 Å². The van der Waals surface area contributed by atoms with E-state index in [9.17, 15) is 9.59 Å². The molecule has 3 aromatic rings. The summed E-state index contributed by atoms with van der Waals surface area (Å²) in [6.45, 7) is 7.55. The highest BCUT2D eigenvalue weighted by molar-refractivity contribution is 7.14. The largest absolute Gasteiger partial charge is 0.456 e. The fraction of sp³-hybridized carbons (Fsp3) is 0.238. The number of aryl methyl sites for hydroxylation is 3. The van der Waals surface area contributed by atoms with Crippen LogP contribution in [0.4, 0.5) is 10.8 Å². The Kier molecular flexibility index (Phi) is 5.84. The first-order valence-electron chi connectivity index (χ1n) is 8.77. The molecule has 7 heteroatoms. The molecule has 0 N–H and O–H groups in total. The monoisotopic (exact) mass is 395 g/mol. The van der Waals surface area contributed by atoms with E-state index in [2.05, 4.69) is 9.97 Å². The maximum absolute atomic E-state index is 12.4. The molecule has 0 fully saturated rings. The average molecular weight is 395 g/mol. The van der Waals surface area contributed by atoms with Gasteiger partial charge in [-0.05, 0) is 44.0 Å². The number of anilines is 2. The van der Waals surface area contributed by atoms with Crippen molar-refractivity contribution in [3.8, 4) is 0 Å². The Bertz CT molecular complexity index is 992. The number of amides is 1. The van der Waals surface area contributed by atoms with Crippen LogP contribution >= 0.6 is 11.3 Å². The number of pyridine rings is 1. The van der Waals surface area contributed by atoms with Gasteiger partial charge >= 0.3 is 5.97 Å². The minimum atomic E-state index is -0.439. The molecule has 2 aromatic heterocycles. The van der Waals surface area contributed by atoms with Crippen LogP contribution in [0, 0.1) is 20.8 Å². The lowest BCUT2D eigenvalue weighted by molar-refractivity contribution is -0.115. The van der Waals surface area contributed by atoms with Crippen molar-refractivity contribution in [3.63, 3.8) is 0 Å². The highest BCUT2D eigenvalue weighted by Gasteiger charge is 2.22. The minimum absolute atomic E-state index is 0.0370. The van der Waals surface area contributed by atoms with Gasteiger partial charge in [0.15, 0.2) is 5.13 Å². The third-order valence-corrected chi connectivity index (χ3v) is 5.05. The number of aromatic nitrogens is 2. The molecule has 0 saturated heterocycles. The van der Waals surface area contributed by atoms with Crippen molar-refractivity contribution in [1.82, 2.24) is 9.97 Å². The number of benzene rings is 1. The normalized spacial score (nSPS) is 10.6. The van der Waals surface area contributed by atoms with Crippen LogP contribution in [0.15, 0.2) is 42.0 Å². The van der Waals surface area contributed by atoms with Gasteiger partial charge in [-0.1, -0.05) is 17.7 Å². The van der Waals surface area contributed by atoms with E-state index in [1.54, 1.807) is 22.4 Å². The second kappa shape index (κ2) is 8.31. The summed E-state index contributed by atoms with van der Waals surface area (Å²) < 4.78 is 5.31. The first-order chi connectivity index (χ1) is 13.4. The number of esters is 1. The lowest BCUT2D eigenvalue weighted by Gasteiger charge is -2.23. The molecule has 1 amide bonds. The zero-order chi connectivity index (χ0) is 20.3. The van der Waals surface area contributed by atoms with Gasteiger partial charge in [0.25, 0.3) is 0 Å². The number of nitrogens with zero attached hydrogens (tertiary/aromatic N) is 3. The molecule has 0 aliphatic heterocycles. The highest BCUT2D eigenvalue weighted by atomic mass is 32.1. The summed E-state index contributed by atoms with van der Waals surface area (Å²) in [5.74, 6) is -0.560. The standard InChI is InChI=1S/C21H21N3O3S/c1-13-9-14(2)19(15(3)10-13)24(16(4)25)21-23-18(12-28-21)11-27-20(26)17-5-7-22-8-6-17/h5-10,12H,11H2,1-4H3. The van der Waals surface area contributed by atoms with Gasteiger partial charge in [0.05, 0.1) is 16.9 Å². The van der Waals surface area contributed by atoms with Crippen LogP contribution in [0.5, 0.6) is 0 Å². The molecule has 144 valence electrons. The van der Waals surface area contributed by atoms with Gasteiger partial charge in [-0.15, -0.1) is 11.3 Å². The first kappa shape index (κ1) is 19.7. The smallest absolute Gasteiger partial charge is 0.338 e. The van der Waals surface area contributed by atoms with Crippen LogP contribution in [-0.2, 0) is 16.1 Å². The Balaban J connectivity index is 1.81. The molecule has 0 bridgehead atoms. The zero-order valence-electron chi connectivity index (χ0n) is 16.2. The quantitative estimate of drug-likeness (QED) is 0.595. The van der Waals surface area contributed by atoms with Crippen LogP contribution in [0.2, 0.25) is 0 Å². The highest BCUT2D eigenvalue weighted by Crippen LogP contribution is 2.34. The number of carbonyl (C=O) groups is 2. The fourth-order valence-electron chi connectivity index (χ4n) is 3.09. The Hall–Kier alpha value is -3.06. The van der Waals surface area contributed by atoms with Crippen molar-refractivity contribution in [2.75, 3.05) is 4.90 Å². The lowest BCUT2D eigenvalue weighted by Crippen LogP contribution is -2.24. The molecule has 0 aliphatic rings. The van der Waals surface area contributed by atoms with Gasteiger partial charge in [-0.3, -0.25) is 14.7 Å². The van der Waals surface area contributed by atoms with Gasteiger partial charge in [-0.25, -0.2) is 9.78 Å². The van der Waals surface area contributed by atoms with Crippen molar-refractivity contribution in [2.24, 2.45) is 0 Å². The van der Waals surface area contributed by atoms with Crippen molar-refractivity contribution in [1.29, 1.82) is 0 Å². The first-order valence-corrected chi connectivity index (χ1v) is 9.65. The Morgan fingerprint density at radius 2 is 1.75 bits per heavy atom. The lowest BCUT2D eigenvalue weighted by atomic mass is 10.0. The van der Waals surface area contributed by atoms with Crippen LogP contribution in [-0.4, -0.2) is 21.8 Å². The van der Waals surface area contributed by atoms with E-state index in [0.29, 0.717) is 16.4 Å². The van der Waals surface area contributed by atoms with E-state index in [0.717, 1.165) is 22.4 Å². The summed E-state index contributed by atoms with van der Waals surface area (Å²) in [7, 11) is 0. The molecular weight excluding hydrogens is 374 g/mol. The SMILES string of the molecule is CC(=O)N(c1nc(COC(=O)c2ccncc2)cs1)c1c(C)cc(C)cc1C. The second-order valence-corrected chi connectivity index (χ2v) is 7.37. The van der Waals surface area contributed by atoms with E-state index in [-0.39, 0.29) is 12.5 Å². The molecule has 28 heavy (non-hydrogen) atoms. The predicted octanol–water partition coefficient (Wildman–Crippen LogP) is 4.50. The Morgan fingerprint density at radius 3 is 2.36 bits per heavy atom. The topological polar surface area (TPSA) is 72.4 Å². The minimum Gasteiger partial charge on any atom is -0.456 e. The van der Waals surface area contributed by atoms with E-state index in [1.807, 2.05) is 32.9 Å². The average Bonchev–Trinajstić information content (AvgIpc) is 3.11. The van der Waals surface area contributed by atoms with Crippen molar-refractivity contribution in [2.45, 2.75) is 34.3 Å². The summed E-state index contributed by atoms with van der Waals surface area (Å²) in [6.07, 6.45) is 3.07. The predicted molar refractivity (Wildman–Crippen MR) is 109 cm³/mol. The zero-order valence-corrected chi connectivity index (χ0v) is 17.0.